The van der Waals surface area contributed by atoms with E-state index in [-0.39, 0.29) is 11.2 Å². The van der Waals surface area contributed by atoms with Gasteiger partial charge in [0, 0.05) is 68.2 Å². The lowest BCUT2D eigenvalue weighted by Crippen LogP contribution is -2.62. The van der Waals surface area contributed by atoms with E-state index in [9.17, 15) is 18.3 Å². The predicted octanol–water partition coefficient (Wildman–Crippen LogP) is 6.00. The van der Waals surface area contributed by atoms with E-state index in [1.165, 1.54) is 6.42 Å². The average Bonchev–Trinajstić information content (AvgIpc) is 3.73. The Balaban J connectivity index is 1.25. The molecule has 2 atom stereocenters. The number of ether oxygens (including phenoxy) is 1. The van der Waals surface area contributed by atoms with Crippen molar-refractivity contribution in [1.29, 1.82) is 0 Å². The number of hydrogen-bond donors (Lipinski definition) is 2. The SMILES string of the molecule is C=Cc1cc2c(N3CCC4(CC3)CN(C(O)C=C)C4)nc(N3CC(N4CC[C@H](C)C4)C3)nc2c(OCC(F)(F)F)c1-c1c(C)ccc2[nH]ncc12. The number of halogens is 3. The fourth-order valence-electron chi connectivity index (χ4n) is 8.59. The number of H-pyrrole nitrogens is 1. The van der Waals surface area contributed by atoms with E-state index in [4.69, 9.17) is 14.7 Å². The van der Waals surface area contributed by atoms with Gasteiger partial charge in [-0.2, -0.15) is 23.3 Å². The van der Waals surface area contributed by atoms with E-state index in [1.807, 2.05) is 30.0 Å². The van der Waals surface area contributed by atoms with Crippen LogP contribution in [-0.2, 0) is 0 Å². The van der Waals surface area contributed by atoms with Gasteiger partial charge in [0.15, 0.2) is 12.4 Å². The van der Waals surface area contributed by atoms with Crippen molar-refractivity contribution in [3.63, 3.8) is 0 Å². The number of nitrogens with zero attached hydrogens (tertiary/aromatic N) is 7. The van der Waals surface area contributed by atoms with Crippen LogP contribution in [0.1, 0.15) is 37.3 Å². The van der Waals surface area contributed by atoms with Crippen molar-refractivity contribution in [3.05, 3.63) is 54.8 Å². The third kappa shape index (κ3) is 6.12. The Hall–Kier alpha value is -4.20. The van der Waals surface area contributed by atoms with Crippen LogP contribution in [0.15, 0.2) is 43.6 Å². The summed E-state index contributed by atoms with van der Waals surface area (Å²) in [6.45, 7) is 17.3. The monoisotopic (exact) mass is 702 g/mol. The number of aliphatic hydroxyl groups is 1. The van der Waals surface area contributed by atoms with Crippen molar-refractivity contribution in [1.82, 2.24) is 30.0 Å². The topological polar surface area (TPSA) is 96.9 Å². The normalized spacial score (nSPS) is 22.0. The van der Waals surface area contributed by atoms with Crippen molar-refractivity contribution in [2.75, 3.05) is 68.8 Å². The van der Waals surface area contributed by atoms with Gasteiger partial charge in [-0.15, -0.1) is 0 Å². The summed E-state index contributed by atoms with van der Waals surface area (Å²) in [5, 5.41) is 18.9. The average molecular weight is 703 g/mol. The van der Waals surface area contributed by atoms with Crippen LogP contribution in [0, 0.1) is 18.3 Å². The number of aromatic nitrogens is 4. The highest BCUT2D eigenvalue weighted by atomic mass is 19.4. The van der Waals surface area contributed by atoms with Crippen LogP contribution in [0.5, 0.6) is 5.75 Å². The van der Waals surface area contributed by atoms with Gasteiger partial charge < -0.3 is 19.6 Å². The minimum atomic E-state index is -4.57. The maximum absolute atomic E-state index is 14.0. The zero-order valence-corrected chi connectivity index (χ0v) is 29.2. The van der Waals surface area contributed by atoms with E-state index in [0.29, 0.717) is 45.8 Å². The Bertz CT molecular complexity index is 1970. The molecule has 6 heterocycles. The largest absolute Gasteiger partial charge is 0.481 e. The second-order valence-corrected chi connectivity index (χ2v) is 15.1. The van der Waals surface area contributed by atoms with E-state index in [1.54, 1.807) is 18.3 Å². The quantitative estimate of drug-likeness (QED) is 0.204. The first kappa shape index (κ1) is 33.9. The summed E-state index contributed by atoms with van der Waals surface area (Å²) in [6, 6.07) is 6.18. The fourth-order valence-corrected chi connectivity index (χ4v) is 8.59. The summed E-state index contributed by atoms with van der Waals surface area (Å²) in [7, 11) is 0. The van der Waals surface area contributed by atoms with Crippen molar-refractivity contribution in [2.45, 2.75) is 51.6 Å². The molecule has 2 aromatic carbocycles. The van der Waals surface area contributed by atoms with Crippen LogP contribution in [0.25, 0.3) is 39.0 Å². The molecule has 0 amide bonds. The van der Waals surface area contributed by atoms with E-state index in [0.717, 1.165) is 87.2 Å². The molecule has 0 saturated carbocycles. The smallest absolute Gasteiger partial charge is 0.422 e. The highest BCUT2D eigenvalue weighted by Gasteiger charge is 2.47. The second-order valence-electron chi connectivity index (χ2n) is 15.1. The van der Waals surface area contributed by atoms with Gasteiger partial charge >= 0.3 is 6.18 Å². The van der Waals surface area contributed by atoms with Crippen molar-refractivity contribution in [3.8, 4) is 16.9 Å². The minimum absolute atomic E-state index is 0.0633. The number of anilines is 2. The van der Waals surface area contributed by atoms with Gasteiger partial charge in [0.05, 0.1) is 11.7 Å². The molecule has 1 unspecified atom stereocenters. The Labute approximate surface area is 295 Å². The molecule has 2 aromatic heterocycles. The van der Waals surface area contributed by atoms with Gasteiger partial charge in [0.1, 0.15) is 17.6 Å². The van der Waals surface area contributed by atoms with Gasteiger partial charge in [-0.1, -0.05) is 32.2 Å². The van der Waals surface area contributed by atoms with Gasteiger partial charge in [-0.25, -0.2) is 4.98 Å². The van der Waals surface area contributed by atoms with Gasteiger partial charge in [0.25, 0.3) is 0 Å². The zero-order valence-electron chi connectivity index (χ0n) is 29.2. The molecule has 4 saturated heterocycles. The van der Waals surface area contributed by atoms with Crippen LogP contribution in [0.3, 0.4) is 0 Å². The molecular weight excluding hydrogens is 657 g/mol. The van der Waals surface area contributed by atoms with Crippen LogP contribution in [-0.4, -0.2) is 112 Å². The summed E-state index contributed by atoms with van der Waals surface area (Å²) in [5.41, 5.74) is 3.93. The summed E-state index contributed by atoms with van der Waals surface area (Å²) < 4.78 is 47.8. The molecule has 4 aliphatic heterocycles. The third-order valence-electron chi connectivity index (χ3n) is 11.5. The number of piperidine rings is 1. The molecule has 51 heavy (non-hydrogen) atoms. The van der Waals surface area contributed by atoms with Crippen molar-refractivity contribution >= 4 is 39.6 Å². The third-order valence-corrected chi connectivity index (χ3v) is 11.5. The molecule has 4 aromatic rings. The Morgan fingerprint density at radius 3 is 2.49 bits per heavy atom. The van der Waals surface area contributed by atoms with Crippen LogP contribution in [0.4, 0.5) is 24.9 Å². The number of likely N-dealkylation sites (tertiary alicyclic amines) is 2. The van der Waals surface area contributed by atoms with Crippen LogP contribution >= 0.6 is 0 Å². The Morgan fingerprint density at radius 2 is 1.82 bits per heavy atom. The Kier molecular flexibility index (Phi) is 8.50. The summed E-state index contributed by atoms with van der Waals surface area (Å²) >= 11 is 0. The molecule has 0 radical (unpaired) electrons. The summed E-state index contributed by atoms with van der Waals surface area (Å²) in [4.78, 5) is 19.2. The number of benzene rings is 2. The lowest BCUT2D eigenvalue weighted by atomic mass is 9.72. The molecule has 10 nitrogen and oxygen atoms in total. The number of alkyl halides is 3. The van der Waals surface area contributed by atoms with E-state index >= 15 is 0 Å². The van der Waals surface area contributed by atoms with E-state index < -0.39 is 19.0 Å². The lowest BCUT2D eigenvalue weighted by molar-refractivity contribution is -0.153. The van der Waals surface area contributed by atoms with Gasteiger partial charge in [-0.05, 0) is 79.0 Å². The number of fused-ring (bicyclic) bond motifs is 2. The number of hydrogen-bond acceptors (Lipinski definition) is 9. The number of aliphatic hydroxyl groups excluding tert-OH is 1. The highest BCUT2D eigenvalue weighted by Crippen LogP contribution is 2.48. The standard InChI is InChI=1S/C38H45F3N8O2/c1-5-25-15-27-33(34(51-22-38(39,40)41)32(25)31-24(4)7-8-29-28(31)16-42-45-29)43-36(48-18-26(19-48)47-12-9-23(3)17-47)44-35(27)46-13-10-37(11-14-46)20-49(21-37)30(50)6-2/h5-8,15-16,23,26,30,50H,1-2,9-14,17-22H2,3-4H3,(H,42,45)/t23-,30?/m0/s1. The summed E-state index contributed by atoms with van der Waals surface area (Å²) in [6.07, 6.45) is 2.68. The molecule has 0 aliphatic carbocycles. The fraction of sp³-hybridized carbons (Fsp3) is 0.500. The molecule has 4 aliphatic rings. The molecule has 1 spiro atoms. The number of aromatic amines is 1. The van der Waals surface area contributed by atoms with Crippen molar-refractivity contribution in [2.24, 2.45) is 11.3 Å². The molecule has 8 rings (SSSR count). The Morgan fingerprint density at radius 1 is 1.06 bits per heavy atom. The molecule has 0 bridgehead atoms. The predicted molar refractivity (Wildman–Crippen MR) is 194 cm³/mol. The lowest BCUT2D eigenvalue weighted by Gasteiger charge is -2.55. The number of aryl methyl sites for hydroxylation is 1. The van der Waals surface area contributed by atoms with Crippen LogP contribution < -0.4 is 14.5 Å². The molecule has 2 N–H and O–H groups in total. The zero-order chi connectivity index (χ0) is 35.7. The van der Waals surface area contributed by atoms with Crippen LogP contribution in [0.2, 0.25) is 0 Å². The molecular formula is C38H45F3N8O2. The second kappa shape index (κ2) is 12.8. The van der Waals surface area contributed by atoms with Gasteiger partial charge in [-0.3, -0.25) is 14.9 Å². The highest BCUT2D eigenvalue weighted by molar-refractivity contribution is 6.07. The van der Waals surface area contributed by atoms with E-state index in [2.05, 4.69) is 45.0 Å². The number of nitrogens with one attached hydrogen (secondary N) is 1. The number of rotatable bonds is 9. The summed E-state index contributed by atoms with van der Waals surface area (Å²) in [5.74, 6) is 1.92. The molecule has 13 heteroatoms. The first-order valence-corrected chi connectivity index (χ1v) is 17.9. The van der Waals surface area contributed by atoms with Crippen molar-refractivity contribution < 1.29 is 23.0 Å². The first-order valence-electron chi connectivity index (χ1n) is 17.9. The maximum atomic E-state index is 14.0. The maximum Gasteiger partial charge on any atom is 0.422 e. The first-order chi connectivity index (χ1) is 24.5. The molecule has 270 valence electrons. The minimum Gasteiger partial charge on any atom is -0.481 e. The molecule has 4 fully saturated rings. The van der Waals surface area contributed by atoms with Gasteiger partial charge in [0.2, 0.25) is 5.95 Å².